The molecule has 4 aliphatic carbocycles. The van der Waals surface area contributed by atoms with Gasteiger partial charge >= 0.3 is 0 Å². The maximum atomic E-state index is 12.4. The van der Waals surface area contributed by atoms with Crippen LogP contribution in [0.3, 0.4) is 0 Å². The molecule has 0 aromatic heterocycles. The van der Waals surface area contributed by atoms with E-state index in [2.05, 4.69) is 45.1 Å². The number of Topliss-reactive ketones (excluding diaryl/α,β-unsaturated/α-hetero) is 1. The van der Waals surface area contributed by atoms with E-state index >= 15 is 0 Å². The molecule has 1 heteroatoms. The molecule has 0 heterocycles. The highest BCUT2D eigenvalue weighted by Crippen LogP contribution is 2.61. The van der Waals surface area contributed by atoms with Crippen LogP contribution >= 0.6 is 0 Å². The van der Waals surface area contributed by atoms with Gasteiger partial charge in [-0.1, -0.05) is 56.2 Å². The topological polar surface area (TPSA) is 17.1 Å². The minimum atomic E-state index is -0.0598. The molecule has 1 nitrogen and oxygen atoms in total. The Kier molecular flexibility index (Phi) is 2.72. The van der Waals surface area contributed by atoms with Crippen LogP contribution in [0, 0.1) is 28.6 Å². The molecule has 3 unspecified atom stereocenters. The smallest absolute Gasteiger partial charge is 0.139 e. The lowest BCUT2D eigenvalue weighted by Crippen LogP contribution is -2.44. The second-order valence-corrected chi connectivity index (χ2v) is 8.20. The summed E-state index contributed by atoms with van der Waals surface area (Å²) >= 11 is 0. The molecule has 0 aromatic carbocycles. The number of ketones is 1. The Morgan fingerprint density at radius 1 is 1.14 bits per heavy atom. The third kappa shape index (κ3) is 1.67. The normalized spacial score (nSPS) is 48.1. The Labute approximate surface area is 128 Å². The lowest BCUT2D eigenvalue weighted by Gasteiger charge is -2.51. The van der Waals surface area contributed by atoms with Crippen molar-refractivity contribution in [2.45, 2.75) is 52.9 Å². The van der Waals surface area contributed by atoms with Crippen molar-refractivity contribution in [1.82, 2.24) is 0 Å². The zero-order valence-corrected chi connectivity index (χ0v) is 13.5. The number of hydrogen-bond acceptors (Lipinski definition) is 1. The molecule has 5 atom stereocenters. The zero-order valence-electron chi connectivity index (χ0n) is 13.5. The molecule has 2 fully saturated rings. The Hall–Kier alpha value is -1.11. The second kappa shape index (κ2) is 4.21. The summed E-state index contributed by atoms with van der Waals surface area (Å²) in [5.41, 5.74) is 3.35. The summed E-state index contributed by atoms with van der Waals surface area (Å²) in [5, 5.41) is 0. The molecule has 0 saturated heterocycles. The van der Waals surface area contributed by atoms with Gasteiger partial charge in [-0.25, -0.2) is 0 Å². The van der Waals surface area contributed by atoms with Crippen LogP contribution in [0.15, 0.2) is 35.5 Å². The van der Waals surface area contributed by atoms with Gasteiger partial charge in [0.05, 0.1) is 0 Å². The van der Waals surface area contributed by atoms with Gasteiger partial charge in [-0.3, -0.25) is 4.79 Å². The highest BCUT2D eigenvalue weighted by Gasteiger charge is 2.55. The van der Waals surface area contributed by atoms with Gasteiger partial charge in [-0.2, -0.15) is 0 Å². The van der Waals surface area contributed by atoms with Crippen LogP contribution < -0.4 is 0 Å². The van der Waals surface area contributed by atoms with Gasteiger partial charge in [-0.15, -0.1) is 0 Å². The standard InChI is InChI=1S/C20H26O/c1-13-8-10-19(2)14(12-13)4-5-15-16-6-7-18(21)20(16,3)11-9-17(15)19/h4-5,8,10,13,16-17H,6-7,9,11-12H2,1-3H3/t13?,16?,17?,19-,20-/m0/s1. The summed E-state index contributed by atoms with van der Waals surface area (Å²) in [6.45, 7) is 6.96. The van der Waals surface area contributed by atoms with E-state index in [9.17, 15) is 4.79 Å². The molecule has 4 rings (SSSR count). The van der Waals surface area contributed by atoms with Crippen LogP contribution in [0.1, 0.15) is 52.9 Å². The van der Waals surface area contributed by atoms with Crippen LogP contribution in [0.5, 0.6) is 0 Å². The third-order valence-electron chi connectivity index (χ3n) is 7.03. The molecule has 0 amide bonds. The van der Waals surface area contributed by atoms with Crippen LogP contribution in [-0.2, 0) is 4.79 Å². The number of hydrogen-bond donors (Lipinski definition) is 0. The van der Waals surface area contributed by atoms with E-state index in [-0.39, 0.29) is 10.8 Å². The molecule has 0 aliphatic heterocycles. The van der Waals surface area contributed by atoms with Crippen molar-refractivity contribution in [3.8, 4) is 0 Å². The Bertz CT molecular complexity index is 593. The first-order valence-electron chi connectivity index (χ1n) is 8.59. The fourth-order valence-corrected chi connectivity index (χ4v) is 5.54. The molecule has 0 spiro atoms. The summed E-state index contributed by atoms with van der Waals surface area (Å²) in [4.78, 5) is 12.4. The Balaban J connectivity index is 1.79. The Morgan fingerprint density at radius 2 is 1.95 bits per heavy atom. The minimum absolute atomic E-state index is 0.0598. The lowest BCUT2D eigenvalue weighted by atomic mass is 9.52. The van der Waals surface area contributed by atoms with E-state index in [1.807, 2.05) is 0 Å². The first-order valence-corrected chi connectivity index (χ1v) is 8.59. The van der Waals surface area contributed by atoms with Crippen LogP contribution in [0.4, 0.5) is 0 Å². The van der Waals surface area contributed by atoms with Gasteiger partial charge in [0.1, 0.15) is 5.78 Å². The molecule has 4 aliphatic rings. The van der Waals surface area contributed by atoms with Crippen LogP contribution in [-0.4, -0.2) is 5.78 Å². The second-order valence-electron chi connectivity index (χ2n) is 8.20. The summed E-state index contributed by atoms with van der Waals surface area (Å²) in [5.74, 6) is 2.32. The molecule has 0 aromatic rings. The number of allylic oxidation sites excluding steroid dienone is 6. The number of fused-ring (bicyclic) bond motifs is 5. The fraction of sp³-hybridized carbons (Fsp3) is 0.650. The Morgan fingerprint density at radius 3 is 2.76 bits per heavy atom. The van der Waals surface area contributed by atoms with E-state index in [0.29, 0.717) is 23.5 Å². The zero-order chi connectivity index (χ0) is 14.8. The molecule has 112 valence electrons. The summed E-state index contributed by atoms with van der Waals surface area (Å²) in [6, 6.07) is 0. The molecule has 2 saturated carbocycles. The van der Waals surface area contributed by atoms with E-state index < -0.39 is 0 Å². The predicted molar refractivity (Wildman–Crippen MR) is 85.8 cm³/mol. The average Bonchev–Trinajstić information content (AvgIpc) is 2.76. The lowest BCUT2D eigenvalue weighted by molar-refractivity contribution is -0.127. The van der Waals surface area contributed by atoms with Crippen molar-refractivity contribution in [1.29, 1.82) is 0 Å². The first kappa shape index (κ1) is 13.5. The van der Waals surface area contributed by atoms with Crippen molar-refractivity contribution in [3.05, 3.63) is 35.5 Å². The van der Waals surface area contributed by atoms with Gasteiger partial charge in [0.2, 0.25) is 0 Å². The molecule has 0 N–H and O–H groups in total. The SMILES string of the molecule is CC1C=C[C@@]2(C)C(=CC=C3C2CC[C@]2(C)C(=O)CCC32)C1. The first-order chi connectivity index (χ1) is 9.95. The third-order valence-corrected chi connectivity index (χ3v) is 7.03. The number of carbonyl (C=O) groups is 1. The van der Waals surface area contributed by atoms with Gasteiger partial charge in [-0.05, 0) is 43.4 Å². The quantitative estimate of drug-likeness (QED) is 0.580. The minimum Gasteiger partial charge on any atom is -0.299 e. The number of rotatable bonds is 0. The maximum Gasteiger partial charge on any atom is 0.139 e. The monoisotopic (exact) mass is 282 g/mol. The summed E-state index contributed by atoms with van der Waals surface area (Å²) < 4.78 is 0. The van der Waals surface area contributed by atoms with Gasteiger partial charge < -0.3 is 0 Å². The van der Waals surface area contributed by atoms with E-state index in [4.69, 9.17) is 0 Å². The van der Waals surface area contributed by atoms with Crippen molar-refractivity contribution < 1.29 is 4.79 Å². The molecular formula is C20H26O. The predicted octanol–water partition coefficient (Wildman–Crippen LogP) is 4.85. The highest BCUT2D eigenvalue weighted by molar-refractivity contribution is 5.88. The highest BCUT2D eigenvalue weighted by atomic mass is 16.1. The molecule has 0 bridgehead atoms. The van der Waals surface area contributed by atoms with E-state index in [1.165, 1.54) is 12.8 Å². The largest absolute Gasteiger partial charge is 0.299 e. The summed E-state index contributed by atoms with van der Waals surface area (Å²) in [6.07, 6.45) is 15.0. The molecular weight excluding hydrogens is 256 g/mol. The van der Waals surface area contributed by atoms with Crippen molar-refractivity contribution >= 4 is 5.78 Å². The molecule has 0 radical (unpaired) electrons. The van der Waals surface area contributed by atoms with Crippen molar-refractivity contribution in [3.63, 3.8) is 0 Å². The fourth-order valence-electron chi connectivity index (χ4n) is 5.54. The molecule has 21 heavy (non-hydrogen) atoms. The van der Waals surface area contributed by atoms with Crippen LogP contribution in [0.2, 0.25) is 0 Å². The van der Waals surface area contributed by atoms with Crippen molar-refractivity contribution in [2.75, 3.05) is 0 Å². The number of carbonyl (C=O) groups excluding carboxylic acids is 1. The average molecular weight is 282 g/mol. The van der Waals surface area contributed by atoms with E-state index in [0.717, 1.165) is 19.3 Å². The van der Waals surface area contributed by atoms with Gasteiger partial charge in [0, 0.05) is 17.3 Å². The van der Waals surface area contributed by atoms with E-state index in [1.54, 1.807) is 11.1 Å². The summed E-state index contributed by atoms with van der Waals surface area (Å²) in [7, 11) is 0. The maximum absolute atomic E-state index is 12.4. The van der Waals surface area contributed by atoms with Crippen molar-refractivity contribution in [2.24, 2.45) is 28.6 Å². The van der Waals surface area contributed by atoms with Crippen LogP contribution in [0.25, 0.3) is 0 Å². The van der Waals surface area contributed by atoms with Gasteiger partial charge in [0.15, 0.2) is 0 Å². The van der Waals surface area contributed by atoms with Gasteiger partial charge in [0.25, 0.3) is 0 Å².